The van der Waals surface area contributed by atoms with Crippen LogP contribution in [0.5, 0.6) is 0 Å². The van der Waals surface area contributed by atoms with Gasteiger partial charge in [-0.15, -0.1) is 0 Å². The Kier molecular flexibility index (Phi) is 4.72. The first-order chi connectivity index (χ1) is 9.97. The average Bonchev–Trinajstić information content (AvgIpc) is 3.01. The highest BCUT2D eigenvalue weighted by molar-refractivity contribution is 5.79. The molecule has 1 amide bonds. The Morgan fingerprint density at radius 1 is 1.38 bits per heavy atom. The lowest BCUT2D eigenvalue weighted by atomic mass is 10.1. The summed E-state index contributed by atoms with van der Waals surface area (Å²) in [4.78, 5) is 16.2. The van der Waals surface area contributed by atoms with E-state index in [0.29, 0.717) is 31.1 Å². The number of carbonyl (C=O) groups is 1. The number of aromatic amines is 1. The lowest BCUT2D eigenvalue weighted by Crippen LogP contribution is -2.27. The summed E-state index contributed by atoms with van der Waals surface area (Å²) in [6.07, 6.45) is 0.892. The molecule has 0 bridgehead atoms. The van der Waals surface area contributed by atoms with Crippen molar-refractivity contribution in [2.45, 2.75) is 46.5 Å². The topological polar surface area (TPSA) is 96.7 Å². The Morgan fingerprint density at radius 3 is 2.71 bits per heavy atom. The van der Waals surface area contributed by atoms with E-state index in [9.17, 15) is 4.79 Å². The van der Waals surface area contributed by atoms with Gasteiger partial charge in [-0.3, -0.25) is 9.89 Å². The van der Waals surface area contributed by atoms with Crippen molar-refractivity contribution in [3.8, 4) is 0 Å². The highest BCUT2D eigenvalue weighted by Crippen LogP contribution is 2.11. The first-order valence-corrected chi connectivity index (χ1v) is 7.07. The molecule has 2 aromatic rings. The number of hydrogen-bond acceptors (Lipinski definition) is 5. The predicted molar refractivity (Wildman–Crippen MR) is 76.9 cm³/mol. The summed E-state index contributed by atoms with van der Waals surface area (Å²) >= 11 is 0. The summed E-state index contributed by atoms with van der Waals surface area (Å²) in [7, 11) is 0. The molecule has 7 nitrogen and oxygen atoms in total. The molecule has 2 N–H and O–H groups in total. The number of hydrogen-bond donors (Lipinski definition) is 2. The van der Waals surface area contributed by atoms with Crippen LogP contribution in [0.2, 0.25) is 0 Å². The van der Waals surface area contributed by atoms with Crippen molar-refractivity contribution in [2.24, 2.45) is 0 Å². The standard InChI is InChI=1S/C14H21N5O2/c1-8(2)14-16-12(19-21-14)5-6-15-13(20)7-11-9(3)17-18-10(11)4/h8H,5-7H2,1-4H3,(H,15,20)(H,17,18). The number of carbonyl (C=O) groups excluding carboxylic acids is 1. The normalized spacial score (nSPS) is 11.1. The van der Waals surface area contributed by atoms with E-state index < -0.39 is 0 Å². The summed E-state index contributed by atoms with van der Waals surface area (Å²) in [5.41, 5.74) is 2.75. The van der Waals surface area contributed by atoms with Gasteiger partial charge in [0.25, 0.3) is 0 Å². The molecule has 2 aromatic heterocycles. The van der Waals surface area contributed by atoms with E-state index in [0.717, 1.165) is 17.0 Å². The molecule has 0 aliphatic rings. The van der Waals surface area contributed by atoms with Crippen LogP contribution in [0.4, 0.5) is 0 Å². The van der Waals surface area contributed by atoms with Gasteiger partial charge in [0.1, 0.15) is 0 Å². The maximum absolute atomic E-state index is 11.9. The van der Waals surface area contributed by atoms with Crippen LogP contribution in [0.3, 0.4) is 0 Å². The molecule has 0 aromatic carbocycles. The Labute approximate surface area is 123 Å². The first kappa shape index (κ1) is 15.2. The van der Waals surface area contributed by atoms with Gasteiger partial charge in [-0.05, 0) is 13.8 Å². The van der Waals surface area contributed by atoms with Crippen molar-refractivity contribution >= 4 is 5.91 Å². The highest BCUT2D eigenvalue weighted by Gasteiger charge is 2.12. The second kappa shape index (κ2) is 6.51. The number of amides is 1. The van der Waals surface area contributed by atoms with Gasteiger partial charge in [0, 0.05) is 30.1 Å². The van der Waals surface area contributed by atoms with Gasteiger partial charge in [-0.2, -0.15) is 10.1 Å². The third kappa shape index (κ3) is 3.90. The molecule has 114 valence electrons. The van der Waals surface area contributed by atoms with Crippen molar-refractivity contribution in [2.75, 3.05) is 6.54 Å². The van der Waals surface area contributed by atoms with Gasteiger partial charge in [-0.1, -0.05) is 19.0 Å². The molecule has 0 atom stereocenters. The van der Waals surface area contributed by atoms with Gasteiger partial charge < -0.3 is 9.84 Å². The lowest BCUT2D eigenvalue weighted by Gasteiger charge is -2.03. The Morgan fingerprint density at radius 2 is 2.14 bits per heavy atom. The minimum Gasteiger partial charge on any atom is -0.355 e. The molecule has 7 heteroatoms. The molecule has 0 saturated heterocycles. The summed E-state index contributed by atoms with van der Waals surface area (Å²) in [5.74, 6) is 1.43. The molecule has 2 rings (SSSR count). The number of nitrogens with zero attached hydrogens (tertiary/aromatic N) is 3. The van der Waals surface area contributed by atoms with Gasteiger partial charge in [-0.25, -0.2) is 0 Å². The van der Waals surface area contributed by atoms with Crippen LogP contribution in [0.15, 0.2) is 4.52 Å². The van der Waals surface area contributed by atoms with Crippen molar-refractivity contribution in [1.29, 1.82) is 0 Å². The van der Waals surface area contributed by atoms with Crippen LogP contribution in [-0.2, 0) is 17.6 Å². The predicted octanol–water partition coefficient (Wildman–Crippen LogP) is 1.43. The molecule has 0 unspecified atom stereocenters. The monoisotopic (exact) mass is 291 g/mol. The summed E-state index contributed by atoms with van der Waals surface area (Å²) in [6.45, 7) is 8.28. The van der Waals surface area contributed by atoms with Crippen molar-refractivity contribution in [1.82, 2.24) is 25.7 Å². The van der Waals surface area contributed by atoms with E-state index in [1.807, 2.05) is 27.7 Å². The van der Waals surface area contributed by atoms with Crippen molar-refractivity contribution < 1.29 is 9.32 Å². The van der Waals surface area contributed by atoms with Gasteiger partial charge >= 0.3 is 0 Å². The number of rotatable bonds is 6. The molecule has 0 fully saturated rings. The summed E-state index contributed by atoms with van der Waals surface area (Å²) in [6, 6.07) is 0. The maximum Gasteiger partial charge on any atom is 0.229 e. The Bertz CT molecular complexity index is 595. The fourth-order valence-corrected chi connectivity index (χ4v) is 1.97. The van der Waals surface area contributed by atoms with Gasteiger partial charge in [0.15, 0.2) is 5.82 Å². The number of aromatic nitrogens is 4. The fourth-order valence-electron chi connectivity index (χ4n) is 1.97. The highest BCUT2D eigenvalue weighted by atomic mass is 16.5. The zero-order chi connectivity index (χ0) is 15.4. The van der Waals surface area contributed by atoms with Gasteiger partial charge in [0.2, 0.25) is 11.8 Å². The quantitative estimate of drug-likeness (QED) is 0.839. The summed E-state index contributed by atoms with van der Waals surface area (Å²) in [5, 5.41) is 13.7. The van der Waals surface area contributed by atoms with E-state index in [1.165, 1.54) is 0 Å². The van der Waals surface area contributed by atoms with E-state index in [2.05, 4.69) is 25.7 Å². The third-order valence-electron chi connectivity index (χ3n) is 3.27. The number of nitrogens with one attached hydrogen (secondary N) is 2. The van der Waals surface area contributed by atoms with Crippen LogP contribution in [-0.4, -0.2) is 32.8 Å². The molecule has 0 aliphatic carbocycles. The molecule has 0 radical (unpaired) electrons. The van der Waals surface area contributed by atoms with Crippen LogP contribution in [0.25, 0.3) is 0 Å². The SMILES string of the molecule is Cc1n[nH]c(C)c1CC(=O)NCCc1noc(C(C)C)n1. The minimum atomic E-state index is -0.0322. The third-order valence-corrected chi connectivity index (χ3v) is 3.27. The first-order valence-electron chi connectivity index (χ1n) is 7.07. The Hall–Kier alpha value is -2.18. The molecule has 21 heavy (non-hydrogen) atoms. The van der Waals surface area contributed by atoms with Crippen molar-refractivity contribution in [3.05, 3.63) is 28.7 Å². The smallest absolute Gasteiger partial charge is 0.229 e. The van der Waals surface area contributed by atoms with E-state index in [-0.39, 0.29) is 11.8 Å². The second-order valence-electron chi connectivity index (χ2n) is 5.39. The van der Waals surface area contributed by atoms with Crippen LogP contribution in [0, 0.1) is 13.8 Å². The van der Waals surface area contributed by atoms with Gasteiger partial charge in [0.05, 0.1) is 12.1 Å². The minimum absolute atomic E-state index is 0.0322. The van der Waals surface area contributed by atoms with E-state index in [1.54, 1.807) is 0 Å². The van der Waals surface area contributed by atoms with Crippen molar-refractivity contribution in [3.63, 3.8) is 0 Å². The van der Waals surface area contributed by atoms with Crippen LogP contribution >= 0.6 is 0 Å². The molecular weight excluding hydrogens is 270 g/mol. The van der Waals surface area contributed by atoms with E-state index >= 15 is 0 Å². The molecule has 2 heterocycles. The number of aryl methyl sites for hydroxylation is 2. The zero-order valence-electron chi connectivity index (χ0n) is 12.9. The molecular formula is C14H21N5O2. The molecule has 0 saturated carbocycles. The van der Waals surface area contributed by atoms with Crippen LogP contribution in [0.1, 0.15) is 48.4 Å². The molecule has 0 spiro atoms. The largest absolute Gasteiger partial charge is 0.355 e. The lowest BCUT2D eigenvalue weighted by molar-refractivity contribution is -0.120. The number of H-pyrrole nitrogens is 1. The van der Waals surface area contributed by atoms with E-state index in [4.69, 9.17) is 4.52 Å². The maximum atomic E-state index is 11.9. The second-order valence-corrected chi connectivity index (χ2v) is 5.39. The molecule has 0 aliphatic heterocycles. The fraction of sp³-hybridized carbons (Fsp3) is 0.571. The summed E-state index contributed by atoms with van der Waals surface area (Å²) < 4.78 is 5.11. The zero-order valence-corrected chi connectivity index (χ0v) is 12.9. The Balaban J connectivity index is 1.79. The van der Waals surface area contributed by atoms with Crippen LogP contribution < -0.4 is 5.32 Å². The average molecular weight is 291 g/mol.